The molecule has 0 radical (unpaired) electrons. The van der Waals surface area contributed by atoms with Gasteiger partial charge in [-0.15, -0.1) is 11.3 Å². The van der Waals surface area contributed by atoms with Crippen LogP contribution in [0.2, 0.25) is 0 Å². The summed E-state index contributed by atoms with van der Waals surface area (Å²) in [4.78, 5) is 15.5. The summed E-state index contributed by atoms with van der Waals surface area (Å²) < 4.78 is 16.0. The number of hydrogen-bond acceptors (Lipinski definition) is 3. The van der Waals surface area contributed by atoms with Gasteiger partial charge >= 0.3 is 0 Å². The van der Waals surface area contributed by atoms with E-state index in [-0.39, 0.29) is 17.8 Å². The summed E-state index contributed by atoms with van der Waals surface area (Å²) in [7, 11) is 1.88. The Morgan fingerprint density at radius 2 is 2.26 bits per heavy atom. The Bertz CT molecular complexity index is 885. The minimum absolute atomic E-state index is 0.0259. The lowest BCUT2D eigenvalue weighted by atomic mass is 10.1. The standard InChI is InChI=1S/C17H16FN3OS/c1-20-10-12(9-19-20)14-3-2-6-21(14)17(22)16-8-11-7-13(18)4-5-15(11)23-16/h4-5,7-10,14H,2-3,6H2,1H3. The molecule has 0 saturated carbocycles. The fourth-order valence-electron chi connectivity index (χ4n) is 3.23. The molecule has 1 saturated heterocycles. The molecule has 3 heterocycles. The number of thiophene rings is 1. The van der Waals surface area contributed by atoms with E-state index in [2.05, 4.69) is 5.10 Å². The molecule has 4 rings (SSSR count). The van der Waals surface area contributed by atoms with Crippen LogP contribution in [0.3, 0.4) is 0 Å². The van der Waals surface area contributed by atoms with E-state index >= 15 is 0 Å². The second-order valence-electron chi connectivity index (χ2n) is 5.90. The molecule has 3 aromatic rings. The van der Waals surface area contributed by atoms with Crippen molar-refractivity contribution in [2.24, 2.45) is 7.05 Å². The molecule has 1 aromatic carbocycles. The maximum Gasteiger partial charge on any atom is 0.264 e. The number of hydrogen-bond donors (Lipinski definition) is 0. The largest absolute Gasteiger partial charge is 0.331 e. The number of fused-ring (bicyclic) bond motifs is 1. The van der Waals surface area contributed by atoms with Crippen molar-refractivity contribution in [1.29, 1.82) is 0 Å². The smallest absolute Gasteiger partial charge is 0.264 e. The van der Waals surface area contributed by atoms with Crippen molar-refractivity contribution in [2.45, 2.75) is 18.9 Å². The molecule has 1 amide bonds. The number of rotatable bonds is 2. The maximum absolute atomic E-state index is 13.3. The number of likely N-dealkylation sites (tertiary alicyclic amines) is 1. The second kappa shape index (κ2) is 5.45. The normalized spacial score (nSPS) is 18.0. The third-order valence-electron chi connectivity index (χ3n) is 4.31. The average Bonchev–Trinajstić information content (AvgIpc) is 3.23. The van der Waals surface area contributed by atoms with E-state index in [0.29, 0.717) is 4.88 Å². The van der Waals surface area contributed by atoms with Gasteiger partial charge in [-0.1, -0.05) is 0 Å². The number of benzene rings is 1. The van der Waals surface area contributed by atoms with Crippen LogP contribution in [0.5, 0.6) is 0 Å². The Balaban J connectivity index is 1.66. The van der Waals surface area contributed by atoms with Gasteiger partial charge < -0.3 is 4.90 Å². The van der Waals surface area contributed by atoms with Crippen LogP contribution in [0.4, 0.5) is 4.39 Å². The van der Waals surface area contributed by atoms with Crippen LogP contribution in [0, 0.1) is 5.82 Å². The highest BCUT2D eigenvalue weighted by Crippen LogP contribution is 2.35. The van der Waals surface area contributed by atoms with Gasteiger partial charge in [0.15, 0.2) is 0 Å². The number of carbonyl (C=O) groups excluding carboxylic acids is 1. The minimum atomic E-state index is -0.274. The van der Waals surface area contributed by atoms with Gasteiger partial charge in [-0.2, -0.15) is 5.10 Å². The molecule has 0 spiro atoms. The van der Waals surface area contributed by atoms with Crippen molar-refractivity contribution < 1.29 is 9.18 Å². The van der Waals surface area contributed by atoms with Gasteiger partial charge in [0, 0.05) is 30.1 Å². The van der Waals surface area contributed by atoms with Crippen molar-refractivity contribution in [3.63, 3.8) is 0 Å². The van der Waals surface area contributed by atoms with Crippen LogP contribution < -0.4 is 0 Å². The van der Waals surface area contributed by atoms with Crippen molar-refractivity contribution >= 4 is 27.3 Å². The van der Waals surface area contributed by atoms with E-state index in [4.69, 9.17) is 0 Å². The third-order valence-corrected chi connectivity index (χ3v) is 5.42. The number of nitrogens with zero attached hydrogens (tertiary/aromatic N) is 3. The lowest BCUT2D eigenvalue weighted by Gasteiger charge is -2.23. The average molecular weight is 329 g/mol. The first-order valence-electron chi connectivity index (χ1n) is 7.60. The van der Waals surface area contributed by atoms with E-state index in [0.717, 1.165) is 35.0 Å². The van der Waals surface area contributed by atoms with Crippen molar-refractivity contribution in [2.75, 3.05) is 6.54 Å². The molecule has 23 heavy (non-hydrogen) atoms. The zero-order chi connectivity index (χ0) is 16.0. The summed E-state index contributed by atoms with van der Waals surface area (Å²) in [6, 6.07) is 6.52. The summed E-state index contributed by atoms with van der Waals surface area (Å²) in [6.45, 7) is 0.751. The van der Waals surface area contributed by atoms with Crippen molar-refractivity contribution in [3.8, 4) is 0 Å². The fourth-order valence-corrected chi connectivity index (χ4v) is 4.23. The van der Waals surface area contributed by atoms with Gasteiger partial charge in [0.2, 0.25) is 0 Å². The Hall–Kier alpha value is -2.21. The van der Waals surface area contributed by atoms with Crippen molar-refractivity contribution in [3.05, 3.63) is 52.9 Å². The Labute approximate surface area is 137 Å². The molecule has 0 aliphatic carbocycles. The van der Waals surface area contributed by atoms with E-state index in [9.17, 15) is 9.18 Å². The maximum atomic E-state index is 13.3. The molecular formula is C17H16FN3OS. The van der Waals surface area contributed by atoms with Crippen LogP contribution >= 0.6 is 11.3 Å². The van der Waals surface area contributed by atoms with E-state index in [1.54, 1.807) is 16.8 Å². The highest BCUT2D eigenvalue weighted by Gasteiger charge is 2.32. The molecule has 6 heteroatoms. The number of aryl methyl sites for hydroxylation is 1. The molecule has 1 fully saturated rings. The fraction of sp³-hybridized carbons (Fsp3) is 0.294. The summed E-state index contributed by atoms with van der Waals surface area (Å²) in [5.41, 5.74) is 1.07. The lowest BCUT2D eigenvalue weighted by molar-refractivity contribution is 0.0740. The van der Waals surface area contributed by atoms with Crippen LogP contribution in [0.1, 0.15) is 34.1 Å². The zero-order valence-corrected chi connectivity index (χ0v) is 13.5. The summed E-state index contributed by atoms with van der Waals surface area (Å²) >= 11 is 1.42. The number of aromatic nitrogens is 2. The van der Waals surface area contributed by atoms with E-state index in [1.165, 1.54) is 23.5 Å². The van der Waals surface area contributed by atoms with Gasteiger partial charge in [0.05, 0.1) is 17.1 Å². The van der Waals surface area contributed by atoms with E-state index < -0.39 is 0 Å². The molecule has 118 valence electrons. The quantitative estimate of drug-likeness (QED) is 0.718. The topological polar surface area (TPSA) is 38.1 Å². The molecule has 0 bridgehead atoms. The monoisotopic (exact) mass is 329 g/mol. The van der Waals surface area contributed by atoms with Crippen molar-refractivity contribution in [1.82, 2.24) is 14.7 Å². The van der Waals surface area contributed by atoms with Gasteiger partial charge in [0.1, 0.15) is 5.82 Å². The van der Waals surface area contributed by atoms with Gasteiger partial charge in [-0.05, 0) is 42.5 Å². The Morgan fingerprint density at radius 3 is 3.04 bits per heavy atom. The first kappa shape index (κ1) is 14.4. The molecule has 2 aromatic heterocycles. The molecular weight excluding hydrogens is 313 g/mol. The summed E-state index contributed by atoms with van der Waals surface area (Å²) in [5.74, 6) is -0.248. The van der Waals surface area contributed by atoms with Crippen LogP contribution in [0.15, 0.2) is 36.7 Å². The highest BCUT2D eigenvalue weighted by atomic mass is 32.1. The SMILES string of the molecule is Cn1cc(C2CCCN2C(=O)c2cc3cc(F)ccc3s2)cn1. The molecule has 1 aliphatic heterocycles. The molecule has 4 nitrogen and oxygen atoms in total. The third kappa shape index (κ3) is 2.53. The Morgan fingerprint density at radius 1 is 1.39 bits per heavy atom. The predicted molar refractivity (Wildman–Crippen MR) is 88.0 cm³/mol. The minimum Gasteiger partial charge on any atom is -0.331 e. The first-order valence-corrected chi connectivity index (χ1v) is 8.42. The summed E-state index contributed by atoms with van der Waals surface area (Å²) in [5, 5.41) is 5.00. The number of carbonyl (C=O) groups is 1. The molecule has 1 aliphatic rings. The predicted octanol–water partition coefficient (Wildman–Crippen LogP) is 3.75. The first-order chi connectivity index (χ1) is 11.1. The van der Waals surface area contributed by atoms with Gasteiger partial charge in [-0.25, -0.2) is 4.39 Å². The number of amides is 1. The van der Waals surface area contributed by atoms with Gasteiger partial charge in [0.25, 0.3) is 5.91 Å². The van der Waals surface area contributed by atoms with E-state index in [1.807, 2.05) is 24.3 Å². The molecule has 1 unspecified atom stereocenters. The van der Waals surface area contributed by atoms with Gasteiger partial charge in [-0.3, -0.25) is 9.48 Å². The van der Waals surface area contributed by atoms with Crippen LogP contribution in [-0.2, 0) is 7.05 Å². The van der Waals surface area contributed by atoms with Crippen LogP contribution in [-0.4, -0.2) is 27.1 Å². The summed E-state index contributed by atoms with van der Waals surface area (Å²) in [6.07, 6.45) is 5.74. The lowest BCUT2D eigenvalue weighted by Crippen LogP contribution is -2.29. The highest BCUT2D eigenvalue weighted by molar-refractivity contribution is 7.20. The second-order valence-corrected chi connectivity index (χ2v) is 6.98. The molecule has 0 N–H and O–H groups in total. The Kier molecular flexibility index (Phi) is 3.41. The zero-order valence-electron chi connectivity index (χ0n) is 12.7. The van der Waals surface area contributed by atoms with Crippen LogP contribution in [0.25, 0.3) is 10.1 Å². The number of halogens is 1. The molecule has 1 atom stereocenters.